The lowest BCUT2D eigenvalue weighted by Gasteiger charge is -2.10. The van der Waals surface area contributed by atoms with Crippen LogP contribution in [0.5, 0.6) is 0 Å². The van der Waals surface area contributed by atoms with Crippen LogP contribution in [0.3, 0.4) is 0 Å². The molecular formula is C9H17N3O2S2. The average Bonchev–Trinajstić information content (AvgIpc) is 2.56. The predicted octanol–water partition coefficient (Wildman–Crippen LogP) is 1.10. The highest BCUT2D eigenvalue weighted by atomic mass is 32.2. The summed E-state index contributed by atoms with van der Waals surface area (Å²) in [6.07, 6.45) is 0.802. The van der Waals surface area contributed by atoms with E-state index >= 15 is 0 Å². The van der Waals surface area contributed by atoms with Gasteiger partial charge in [-0.3, -0.25) is 4.72 Å². The van der Waals surface area contributed by atoms with Crippen molar-refractivity contribution < 1.29 is 8.42 Å². The van der Waals surface area contributed by atoms with Crippen molar-refractivity contribution in [3.63, 3.8) is 0 Å². The zero-order valence-electron chi connectivity index (χ0n) is 9.65. The molecule has 0 aromatic carbocycles. The van der Waals surface area contributed by atoms with Gasteiger partial charge in [-0.25, -0.2) is 13.4 Å². The second-order valence-electron chi connectivity index (χ2n) is 3.57. The first-order valence-corrected chi connectivity index (χ1v) is 7.45. The highest BCUT2D eigenvalue weighted by molar-refractivity contribution is 7.93. The molecule has 1 rings (SSSR count). The molecular weight excluding hydrogens is 246 g/mol. The summed E-state index contributed by atoms with van der Waals surface area (Å²) in [6.45, 7) is 5.59. The van der Waals surface area contributed by atoms with Crippen molar-refractivity contribution in [2.75, 3.05) is 11.3 Å². The number of hydrogen-bond donors (Lipinski definition) is 2. The maximum absolute atomic E-state index is 11.7. The molecule has 0 bridgehead atoms. The molecule has 3 N–H and O–H groups in total. The summed E-state index contributed by atoms with van der Waals surface area (Å²) >= 11 is 1.35. The number of aromatic nitrogens is 1. The molecule has 0 aliphatic rings. The zero-order chi connectivity index (χ0) is 12.3. The highest BCUT2D eigenvalue weighted by Crippen LogP contribution is 2.23. The Kier molecular flexibility index (Phi) is 4.28. The fraction of sp³-hybridized carbons (Fsp3) is 0.667. The van der Waals surface area contributed by atoms with Crippen LogP contribution in [0.25, 0.3) is 0 Å². The predicted molar refractivity (Wildman–Crippen MR) is 67.3 cm³/mol. The van der Waals surface area contributed by atoms with Crippen molar-refractivity contribution in [3.05, 3.63) is 10.6 Å². The van der Waals surface area contributed by atoms with Crippen molar-refractivity contribution >= 4 is 26.5 Å². The summed E-state index contributed by atoms with van der Waals surface area (Å²) in [4.78, 5) is 5.26. The Morgan fingerprint density at radius 2 is 2.19 bits per heavy atom. The minimum atomic E-state index is -3.40. The summed E-state index contributed by atoms with van der Waals surface area (Å²) in [5.74, 6) is 0. The number of sulfonamides is 1. The first-order valence-electron chi connectivity index (χ1n) is 5.08. The van der Waals surface area contributed by atoms with E-state index in [-0.39, 0.29) is 6.54 Å². The number of anilines is 1. The van der Waals surface area contributed by atoms with Crippen LogP contribution in [0.15, 0.2) is 0 Å². The van der Waals surface area contributed by atoms with Crippen LogP contribution in [0, 0.1) is 6.92 Å². The van der Waals surface area contributed by atoms with Crippen LogP contribution in [0.2, 0.25) is 0 Å². The van der Waals surface area contributed by atoms with E-state index in [1.54, 1.807) is 6.92 Å². The van der Waals surface area contributed by atoms with Gasteiger partial charge in [0.05, 0.1) is 10.9 Å². The molecule has 1 atom stereocenters. The molecule has 7 heteroatoms. The molecule has 0 saturated heterocycles. The van der Waals surface area contributed by atoms with Gasteiger partial charge in [0.1, 0.15) is 0 Å². The summed E-state index contributed by atoms with van der Waals surface area (Å²) in [6, 6.07) is 0. The number of rotatable bonds is 5. The molecule has 16 heavy (non-hydrogen) atoms. The van der Waals surface area contributed by atoms with Crippen LogP contribution >= 0.6 is 11.3 Å². The van der Waals surface area contributed by atoms with E-state index in [4.69, 9.17) is 5.73 Å². The van der Waals surface area contributed by atoms with E-state index in [0.717, 1.165) is 17.0 Å². The third-order valence-corrected chi connectivity index (χ3v) is 5.11. The quantitative estimate of drug-likeness (QED) is 0.833. The average molecular weight is 263 g/mol. The highest BCUT2D eigenvalue weighted by Gasteiger charge is 2.20. The van der Waals surface area contributed by atoms with Gasteiger partial charge in [0.2, 0.25) is 10.0 Å². The van der Waals surface area contributed by atoms with E-state index in [1.165, 1.54) is 11.3 Å². The van der Waals surface area contributed by atoms with Gasteiger partial charge in [-0.2, -0.15) is 0 Å². The molecule has 5 nitrogen and oxygen atoms in total. The Labute approximate surface area is 100 Å². The van der Waals surface area contributed by atoms with Crippen LogP contribution in [0.4, 0.5) is 5.13 Å². The summed E-state index contributed by atoms with van der Waals surface area (Å²) in [7, 11) is -3.40. The third-order valence-electron chi connectivity index (χ3n) is 2.32. The fourth-order valence-electron chi connectivity index (χ4n) is 1.15. The van der Waals surface area contributed by atoms with Crippen LogP contribution in [-0.4, -0.2) is 25.2 Å². The van der Waals surface area contributed by atoms with Crippen molar-refractivity contribution in [2.24, 2.45) is 5.73 Å². The standard InChI is InChI=1S/C9H17N3O2S2/c1-4-8-7(3)15-9(11-8)12-16(13,14)6(2)5-10/h6H,4-5,10H2,1-3H3,(H,11,12). The number of nitrogens with zero attached hydrogens (tertiary/aromatic N) is 1. The lowest BCUT2D eigenvalue weighted by Crippen LogP contribution is -2.31. The topological polar surface area (TPSA) is 85.1 Å². The molecule has 0 saturated carbocycles. The summed E-state index contributed by atoms with van der Waals surface area (Å²) in [5, 5.41) is -0.184. The molecule has 0 fully saturated rings. The maximum Gasteiger partial charge on any atom is 0.238 e. The fourth-order valence-corrected chi connectivity index (χ4v) is 3.16. The van der Waals surface area contributed by atoms with Gasteiger partial charge >= 0.3 is 0 Å². The lowest BCUT2D eigenvalue weighted by atomic mass is 10.3. The molecule has 92 valence electrons. The SMILES string of the molecule is CCc1nc(NS(=O)(=O)C(C)CN)sc1C. The van der Waals surface area contributed by atoms with Crippen molar-refractivity contribution in [2.45, 2.75) is 32.4 Å². The number of nitrogens with two attached hydrogens (primary N) is 1. The first kappa shape index (κ1) is 13.4. The zero-order valence-corrected chi connectivity index (χ0v) is 11.3. The Hall–Kier alpha value is -0.660. The number of nitrogens with one attached hydrogen (secondary N) is 1. The minimum Gasteiger partial charge on any atom is -0.329 e. The van der Waals surface area contributed by atoms with Gasteiger partial charge in [0, 0.05) is 11.4 Å². The maximum atomic E-state index is 11.7. The molecule has 1 aromatic rings. The van der Waals surface area contributed by atoms with Gasteiger partial charge < -0.3 is 5.73 Å². The number of thiazole rings is 1. The molecule has 1 unspecified atom stereocenters. The van der Waals surface area contributed by atoms with Gasteiger partial charge in [0.15, 0.2) is 5.13 Å². The molecule has 0 amide bonds. The third kappa shape index (κ3) is 2.93. The first-order chi connectivity index (χ1) is 7.40. The Morgan fingerprint density at radius 1 is 1.56 bits per heavy atom. The van der Waals surface area contributed by atoms with Crippen molar-refractivity contribution in [1.82, 2.24) is 4.98 Å². The smallest absolute Gasteiger partial charge is 0.238 e. The Bertz CT molecular complexity index is 453. The van der Waals surface area contributed by atoms with Crippen LogP contribution in [-0.2, 0) is 16.4 Å². The lowest BCUT2D eigenvalue weighted by molar-refractivity contribution is 0.589. The van der Waals surface area contributed by atoms with Crippen LogP contribution < -0.4 is 10.5 Å². The second-order valence-corrected chi connectivity index (χ2v) is 6.87. The Balaban J connectivity index is 2.88. The van der Waals surface area contributed by atoms with E-state index in [9.17, 15) is 8.42 Å². The summed E-state index contributed by atoms with van der Waals surface area (Å²) < 4.78 is 25.9. The molecule has 0 spiro atoms. The van der Waals surface area contributed by atoms with Gasteiger partial charge in [-0.15, -0.1) is 11.3 Å². The van der Waals surface area contributed by atoms with Gasteiger partial charge in [0.25, 0.3) is 0 Å². The van der Waals surface area contributed by atoms with Gasteiger partial charge in [-0.1, -0.05) is 6.92 Å². The molecule has 1 aromatic heterocycles. The number of hydrogen-bond acceptors (Lipinski definition) is 5. The largest absolute Gasteiger partial charge is 0.329 e. The van der Waals surface area contributed by atoms with Gasteiger partial charge in [-0.05, 0) is 20.3 Å². The molecule has 1 heterocycles. The number of aryl methyl sites for hydroxylation is 2. The molecule has 0 aliphatic carbocycles. The summed E-state index contributed by atoms with van der Waals surface area (Å²) in [5.41, 5.74) is 6.27. The minimum absolute atomic E-state index is 0.0975. The molecule has 0 radical (unpaired) electrons. The van der Waals surface area contributed by atoms with Crippen molar-refractivity contribution in [1.29, 1.82) is 0 Å². The van der Waals surface area contributed by atoms with Crippen LogP contribution in [0.1, 0.15) is 24.4 Å². The van der Waals surface area contributed by atoms with E-state index in [1.807, 2.05) is 13.8 Å². The Morgan fingerprint density at radius 3 is 2.62 bits per heavy atom. The monoisotopic (exact) mass is 263 g/mol. The molecule has 0 aliphatic heterocycles. The van der Waals surface area contributed by atoms with E-state index < -0.39 is 15.3 Å². The van der Waals surface area contributed by atoms with E-state index in [0.29, 0.717) is 5.13 Å². The normalized spacial score (nSPS) is 13.8. The van der Waals surface area contributed by atoms with Crippen molar-refractivity contribution in [3.8, 4) is 0 Å². The second kappa shape index (κ2) is 5.11. The van der Waals surface area contributed by atoms with E-state index in [2.05, 4.69) is 9.71 Å².